The van der Waals surface area contributed by atoms with Crippen LogP contribution >= 0.6 is 11.3 Å². The van der Waals surface area contributed by atoms with Crippen molar-refractivity contribution in [1.29, 1.82) is 0 Å². The molecule has 114 valence electrons. The highest BCUT2D eigenvalue weighted by molar-refractivity contribution is 7.11. The molecule has 2 rings (SSSR count). The second-order valence-electron chi connectivity index (χ2n) is 5.78. The third kappa shape index (κ3) is 5.17. The maximum atomic E-state index is 10.1. The lowest BCUT2D eigenvalue weighted by atomic mass is 10.1. The molecule has 1 aliphatic rings. The minimum Gasteiger partial charge on any atom is -0.392 e. The molecule has 1 aliphatic heterocycles. The number of aliphatic hydroxyl groups excluding tert-OH is 1. The molecule has 2 heterocycles. The highest BCUT2D eigenvalue weighted by atomic mass is 32.1. The first kappa shape index (κ1) is 16.0. The molecule has 3 nitrogen and oxygen atoms in total. The van der Waals surface area contributed by atoms with Crippen LogP contribution in [0.1, 0.15) is 42.4 Å². The van der Waals surface area contributed by atoms with E-state index in [1.807, 2.05) is 11.3 Å². The van der Waals surface area contributed by atoms with Gasteiger partial charge in [0.05, 0.1) is 12.2 Å². The molecule has 0 amide bonds. The number of hydrogen-bond acceptors (Lipinski definition) is 4. The van der Waals surface area contributed by atoms with E-state index in [2.05, 4.69) is 30.9 Å². The van der Waals surface area contributed by atoms with E-state index in [1.165, 1.54) is 16.2 Å². The average molecular weight is 297 g/mol. The van der Waals surface area contributed by atoms with E-state index in [0.29, 0.717) is 6.10 Å². The summed E-state index contributed by atoms with van der Waals surface area (Å²) in [4.78, 5) is 5.09. The normalized spacial score (nSPS) is 20.7. The highest BCUT2D eigenvalue weighted by Gasteiger charge is 2.21. The third-order valence-corrected chi connectivity index (χ3v) is 4.74. The lowest BCUT2D eigenvalue weighted by molar-refractivity contribution is 0.0445. The highest BCUT2D eigenvalue weighted by Crippen LogP contribution is 2.20. The van der Waals surface area contributed by atoms with Gasteiger partial charge < -0.3 is 9.84 Å². The molecule has 0 aromatic carbocycles. The topological polar surface area (TPSA) is 32.7 Å². The molecule has 0 saturated carbocycles. The van der Waals surface area contributed by atoms with Gasteiger partial charge in [-0.05, 0) is 38.3 Å². The SMILES string of the molecule is CCCC(O)CN(Cc1ccc(C)s1)CC1CCCO1. The van der Waals surface area contributed by atoms with Gasteiger partial charge in [0.2, 0.25) is 0 Å². The lowest BCUT2D eigenvalue weighted by Gasteiger charge is -2.27. The van der Waals surface area contributed by atoms with Crippen molar-refractivity contribution in [2.75, 3.05) is 19.7 Å². The van der Waals surface area contributed by atoms with Gasteiger partial charge in [0.1, 0.15) is 0 Å². The Kier molecular flexibility index (Phi) is 6.49. The first-order valence-electron chi connectivity index (χ1n) is 7.74. The van der Waals surface area contributed by atoms with Gasteiger partial charge in [-0.2, -0.15) is 0 Å². The molecule has 0 bridgehead atoms. The Morgan fingerprint density at radius 2 is 2.35 bits per heavy atom. The Labute approximate surface area is 126 Å². The summed E-state index contributed by atoms with van der Waals surface area (Å²) in [5, 5.41) is 10.1. The minimum absolute atomic E-state index is 0.220. The van der Waals surface area contributed by atoms with Crippen LogP contribution in [0.2, 0.25) is 0 Å². The van der Waals surface area contributed by atoms with Crippen molar-refractivity contribution in [3.63, 3.8) is 0 Å². The molecule has 20 heavy (non-hydrogen) atoms. The Balaban J connectivity index is 1.91. The van der Waals surface area contributed by atoms with Crippen LogP contribution in [0.3, 0.4) is 0 Å². The van der Waals surface area contributed by atoms with Crippen molar-refractivity contribution >= 4 is 11.3 Å². The van der Waals surface area contributed by atoms with Crippen LogP contribution in [0.15, 0.2) is 12.1 Å². The summed E-state index contributed by atoms with van der Waals surface area (Å²) in [5.74, 6) is 0. The molecular formula is C16H27NO2S. The van der Waals surface area contributed by atoms with E-state index >= 15 is 0 Å². The molecule has 0 radical (unpaired) electrons. The van der Waals surface area contributed by atoms with E-state index in [1.54, 1.807) is 0 Å². The predicted octanol–water partition coefficient (Wildman–Crippen LogP) is 3.20. The van der Waals surface area contributed by atoms with E-state index in [0.717, 1.165) is 45.5 Å². The van der Waals surface area contributed by atoms with Crippen molar-refractivity contribution in [2.24, 2.45) is 0 Å². The summed E-state index contributed by atoms with van der Waals surface area (Å²) in [6, 6.07) is 4.38. The number of nitrogens with zero attached hydrogens (tertiary/aromatic N) is 1. The Hall–Kier alpha value is -0.420. The molecule has 1 fully saturated rings. The van der Waals surface area contributed by atoms with Crippen LogP contribution in [0, 0.1) is 6.92 Å². The number of aryl methyl sites for hydroxylation is 1. The average Bonchev–Trinajstić information content (AvgIpc) is 3.01. The van der Waals surface area contributed by atoms with Crippen LogP contribution in [0.5, 0.6) is 0 Å². The van der Waals surface area contributed by atoms with Gasteiger partial charge in [-0.1, -0.05) is 13.3 Å². The second kappa shape index (κ2) is 8.13. The fourth-order valence-electron chi connectivity index (χ4n) is 2.79. The van der Waals surface area contributed by atoms with Gasteiger partial charge in [-0.15, -0.1) is 11.3 Å². The fraction of sp³-hybridized carbons (Fsp3) is 0.750. The molecule has 0 spiro atoms. The number of aliphatic hydroxyl groups is 1. The Morgan fingerprint density at radius 1 is 1.50 bits per heavy atom. The largest absolute Gasteiger partial charge is 0.392 e. The molecule has 1 aromatic rings. The molecule has 1 N–H and O–H groups in total. The zero-order chi connectivity index (χ0) is 14.4. The van der Waals surface area contributed by atoms with Crippen molar-refractivity contribution in [2.45, 2.75) is 58.3 Å². The van der Waals surface area contributed by atoms with Crippen molar-refractivity contribution < 1.29 is 9.84 Å². The number of rotatable bonds is 8. The second-order valence-corrected chi connectivity index (χ2v) is 7.16. The molecule has 0 aliphatic carbocycles. The molecule has 2 unspecified atom stereocenters. The van der Waals surface area contributed by atoms with Crippen LogP contribution in [-0.4, -0.2) is 41.9 Å². The van der Waals surface area contributed by atoms with E-state index in [-0.39, 0.29) is 6.10 Å². The van der Waals surface area contributed by atoms with Gasteiger partial charge in [0.25, 0.3) is 0 Å². The van der Waals surface area contributed by atoms with Crippen LogP contribution in [-0.2, 0) is 11.3 Å². The van der Waals surface area contributed by atoms with Crippen molar-refractivity contribution in [1.82, 2.24) is 4.90 Å². The standard InChI is InChI=1S/C16H27NO2S/c1-3-5-14(18)10-17(11-15-6-4-9-19-15)12-16-8-7-13(2)20-16/h7-8,14-15,18H,3-6,9-12H2,1-2H3. The number of ether oxygens (including phenoxy) is 1. The third-order valence-electron chi connectivity index (χ3n) is 3.75. The molecule has 1 saturated heterocycles. The quantitative estimate of drug-likeness (QED) is 0.800. The van der Waals surface area contributed by atoms with Crippen molar-refractivity contribution in [3.05, 3.63) is 21.9 Å². The number of hydrogen-bond donors (Lipinski definition) is 1. The van der Waals surface area contributed by atoms with E-state index in [9.17, 15) is 5.11 Å². The molecule has 2 atom stereocenters. The summed E-state index contributed by atoms with van der Waals surface area (Å²) < 4.78 is 5.75. The Morgan fingerprint density at radius 3 is 2.95 bits per heavy atom. The van der Waals surface area contributed by atoms with E-state index < -0.39 is 0 Å². The monoisotopic (exact) mass is 297 g/mol. The first-order valence-corrected chi connectivity index (χ1v) is 8.56. The molecular weight excluding hydrogens is 270 g/mol. The zero-order valence-electron chi connectivity index (χ0n) is 12.7. The van der Waals surface area contributed by atoms with Gasteiger partial charge in [-0.3, -0.25) is 4.90 Å². The summed E-state index contributed by atoms with van der Waals surface area (Å²) in [6.45, 7) is 7.79. The summed E-state index contributed by atoms with van der Waals surface area (Å²) >= 11 is 1.85. The number of thiophene rings is 1. The first-order chi connectivity index (χ1) is 9.67. The van der Waals surface area contributed by atoms with Crippen molar-refractivity contribution in [3.8, 4) is 0 Å². The minimum atomic E-state index is -0.220. The van der Waals surface area contributed by atoms with Gasteiger partial charge >= 0.3 is 0 Å². The summed E-state index contributed by atoms with van der Waals surface area (Å²) in [6.07, 6.45) is 4.38. The maximum absolute atomic E-state index is 10.1. The lowest BCUT2D eigenvalue weighted by Crippen LogP contribution is -2.37. The van der Waals surface area contributed by atoms with Crippen LogP contribution < -0.4 is 0 Å². The van der Waals surface area contributed by atoms with E-state index in [4.69, 9.17) is 4.74 Å². The zero-order valence-corrected chi connectivity index (χ0v) is 13.5. The van der Waals surface area contributed by atoms with Gasteiger partial charge in [0.15, 0.2) is 0 Å². The van der Waals surface area contributed by atoms with Gasteiger partial charge in [0, 0.05) is 36.0 Å². The summed E-state index contributed by atoms with van der Waals surface area (Å²) in [5.41, 5.74) is 0. The predicted molar refractivity (Wildman–Crippen MR) is 84.2 cm³/mol. The Bertz CT molecular complexity index is 388. The van der Waals surface area contributed by atoms with Crippen LogP contribution in [0.4, 0.5) is 0 Å². The molecule has 1 aromatic heterocycles. The van der Waals surface area contributed by atoms with Crippen LogP contribution in [0.25, 0.3) is 0 Å². The maximum Gasteiger partial charge on any atom is 0.0703 e. The smallest absolute Gasteiger partial charge is 0.0703 e. The molecule has 4 heteroatoms. The van der Waals surface area contributed by atoms with Gasteiger partial charge in [-0.25, -0.2) is 0 Å². The summed E-state index contributed by atoms with van der Waals surface area (Å²) in [7, 11) is 0. The fourth-order valence-corrected chi connectivity index (χ4v) is 3.73.